The molecule has 4 saturated carbocycles. The lowest BCUT2D eigenvalue weighted by Crippen LogP contribution is -2.67. The van der Waals surface area contributed by atoms with E-state index >= 15 is 0 Å². The summed E-state index contributed by atoms with van der Waals surface area (Å²) in [6.07, 6.45) is 8.24. The highest BCUT2D eigenvalue weighted by molar-refractivity contribution is 5.65. The van der Waals surface area contributed by atoms with Gasteiger partial charge >= 0.3 is 0 Å². The summed E-state index contributed by atoms with van der Waals surface area (Å²) in [5.74, 6) is 1.16. The first-order valence-electron chi connectivity index (χ1n) is 13.9. The van der Waals surface area contributed by atoms with E-state index in [9.17, 15) is 20.1 Å². The van der Waals surface area contributed by atoms with E-state index in [4.69, 9.17) is 0 Å². The summed E-state index contributed by atoms with van der Waals surface area (Å²) in [5, 5.41) is 32.9. The molecular formula is C30H48O4. The quantitative estimate of drug-likeness (QED) is 0.364. The topological polar surface area (TPSA) is 77.8 Å². The van der Waals surface area contributed by atoms with Gasteiger partial charge in [0, 0.05) is 0 Å². The molecule has 4 fully saturated rings. The molecule has 5 aliphatic rings. The lowest BCUT2D eigenvalue weighted by molar-refractivity contribution is -0.216. The van der Waals surface area contributed by atoms with Gasteiger partial charge in [-0.05, 0) is 96.2 Å². The molecule has 0 amide bonds. The van der Waals surface area contributed by atoms with Gasteiger partial charge in [0.25, 0.3) is 0 Å². The van der Waals surface area contributed by atoms with Gasteiger partial charge < -0.3 is 20.1 Å². The van der Waals surface area contributed by atoms with E-state index in [1.807, 2.05) is 6.92 Å². The van der Waals surface area contributed by atoms with Gasteiger partial charge in [-0.1, -0.05) is 60.1 Å². The monoisotopic (exact) mass is 472 g/mol. The molecule has 0 aliphatic heterocycles. The van der Waals surface area contributed by atoms with Crippen LogP contribution in [0.25, 0.3) is 0 Å². The molecule has 34 heavy (non-hydrogen) atoms. The molecule has 5 aliphatic carbocycles. The Kier molecular flexibility index (Phi) is 5.44. The first-order chi connectivity index (χ1) is 15.7. The Morgan fingerprint density at radius 2 is 1.56 bits per heavy atom. The van der Waals surface area contributed by atoms with E-state index in [0.29, 0.717) is 18.3 Å². The predicted octanol–water partition coefficient (Wildman–Crippen LogP) is 5.15. The second kappa shape index (κ2) is 7.42. The van der Waals surface area contributed by atoms with E-state index in [1.54, 1.807) is 0 Å². The van der Waals surface area contributed by atoms with Gasteiger partial charge in [0.1, 0.15) is 6.29 Å². The molecule has 0 saturated heterocycles. The molecule has 4 heteroatoms. The molecule has 0 bridgehead atoms. The van der Waals surface area contributed by atoms with Crippen molar-refractivity contribution in [1.29, 1.82) is 0 Å². The van der Waals surface area contributed by atoms with Crippen LogP contribution < -0.4 is 0 Å². The normalized spacial score (nSPS) is 58.5. The maximum atomic E-state index is 12.7. The van der Waals surface area contributed by atoms with Crippen LogP contribution in [0.4, 0.5) is 0 Å². The Labute approximate surface area is 206 Å². The number of carbonyl (C=O) groups is 1. The zero-order valence-electron chi connectivity index (χ0n) is 22.5. The van der Waals surface area contributed by atoms with E-state index in [2.05, 4.69) is 47.6 Å². The van der Waals surface area contributed by atoms with Gasteiger partial charge in [0.05, 0.1) is 23.7 Å². The van der Waals surface area contributed by atoms with Crippen molar-refractivity contribution in [2.75, 3.05) is 0 Å². The molecule has 192 valence electrons. The molecule has 0 unspecified atom stereocenters. The van der Waals surface area contributed by atoms with E-state index in [1.165, 1.54) is 5.57 Å². The average Bonchev–Trinajstić information content (AvgIpc) is 2.79. The first-order valence-corrected chi connectivity index (χ1v) is 13.9. The molecule has 0 aromatic carbocycles. The number of rotatable bonds is 1. The summed E-state index contributed by atoms with van der Waals surface area (Å²) in [7, 11) is 0. The highest BCUT2D eigenvalue weighted by Crippen LogP contribution is 2.75. The Morgan fingerprint density at radius 1 is 0.882 bits per heavy atom. The van der Waals surface area contributed by atoms with Crippen molar-refractivity contribution in [1.82, 2.24) is 0 Å². The summed E-state index contributed by atoms with van der Waals surface area (Å²) < 4.78 is 0. The first kappa shape index (κ1) is 25.0. The highest BCUT2D eigenvalue weighted by atomic mass is 16.3. The van der Waals surface area contributed by atoms with E-state index in [-0.39, 0.29) is 45.5 Å². The lowest BCUT2D eigenvalue weighted by atomic mass is 9.33. The minimum Gasteiger partial charge on any atom is -0.393 e. The molecule has 0 aromatic rings. The third-order valence-electron chi connectivity index (χ3n) is 13.5. The van der Waals surface area contributed by atoms with Crippen LogP contribution in [0.5, 0.6) is 0 Å². The van der Waals surface area contributed by atoms with E-state index < -0.39 is 17.6 Å². The number of fused-ring (bicyclic) bond motifs is 7. The third-order valence-corrected chi connectivity index (χ3v) is 13.5. The van der Waals surface area contributed by atoms with Crippen molar-refractivity contribution in [3.63, 3.8) is 0 Å². The van der Waals surface area contributed by atoms with Crippen LogP contribution >= 0.6 is 0 Å². The van der Waals surface area contributed by atoms with Crippen molar-refractivity contribution in [2.24, 2.45) is 56.7 Å². The van der Waals surface area contributed by atoms with Gasteiger partial charge in [0.2, 0.25) is 0 Å². The van der Waals surface area contributed by atoms with Gasteiger partial charge in [-0.3, -0.25) is 0 Å². The molecule has 3 N–H and O–H groups in total. The fourth-order valence-electron chi connectivity index (χ4n) is 10.9. The largest absolute Gasteiger partial charge is 0.393 e. The number of hydrogen-bond acceptors (Lipinski definition) is 4. The average molecular weight is 473 g/mol. The Hall–Kier alpha value is -0.710. The predicted molar refractivity (Wildman–Crippen MR) is 134 cm³/mol. The van der Waals surface area contributed by atoms with Gasteiger partial charge in [-0.2, -0.15) is 0 Å². The second-order valence-corrected chi connectivity index (χ2v) is 14.5. The van der Waals surface area contributed by atoms with E-state index in [0.717, 1.165) is 44.8 Å². The molecule has 12 atom stereocenters. The van der Waals surface area contributed by atoms with Crippen molar-refractivity contribution in [3.8, 4) is 0 Å². The number of aldehydes is 1. The second-order valence-electron chi connectivity index (χ2n) is 14.5. The molecule has 5 rings (SSSR count). The van der Waals surface area contributed by atoms with Crippen molar-refractivity contribution < 1.29 is 20.1 Å². The van der Waals surface area contributed by atoms with Gasteiger partial charge in [-0.25, -0.2) is 0 Å². The van der Waals surface area contributed by atoms with Gasteiger partial charge in [-0.15, -0.1) is 0 Å². The summed E-state index contributed by atoms with van der Waals surface area (Å²) in [5.41, 5.74) is 0.759. The van der Waals surface area contributed by atoms with Crippen LogP contribution in [-0.4, -0.2) is 39.9 Å². The SMILES string of the molecule is C[C@H]1[C@H](C)[C@H]2C3=CC[C@@H]4[C@@]5(C)CC[C@H](O)C(C)(C)[C@@H]5CC[C@@]4(C)[C@]3(C)CC[C@@]2(C=O)[C@H](O)[C@@H]1O. The van der Waals surface area contributed by atoms with Crippen LogP contribution in [0.1, 0.15) is 93.4 Å². The molecule has 0 spiro atoms. The maximum absolute atomic E-state index is 12.7. The summed E-state index contributed by atoms with van der Waals surface area (Å²) in [6, 6.07) is 0. The van der Waals surface area contributed by atoms with Crippen LogP contribution in [0.15, 0.2) is 11.6 Å². The Bertz CT molecular complexity index is 894. The number of aliphatic hydroxyl groups excluding tert-OH is 3. The lowest BCUT2D eigenvalue weighted by Gasteiger charge is -2.71. The number of hydrogen-bond donors (Lipinski definition) is 3. The van der Waals surface area contributed by atoms with Crippen LogP contribution in [0.2, 0.25) is 0 Å². The molecule has 0 heterocycles. The smallest absolute Gasteiger partial charge is 0.129 e. The fourth-order valence-corrected chi connectivity index (χ4v) is 10.9. The van der Waals surface area contributed by atoms with Crippen LogP contribution in [-0.2, 0) is 4.79 Å². The number of allylic oxidation sites excluding steroid dienone is 2. The zero-order valence-corrected chi connectivity index (χ0v) is 22.5. The summed E-state index contributed by atoms with van der Waals surface area (Å²) in [4.78, 5) is 12.7. The van der Waals surface area contributed by atoms with Crippen molar-refractivity contribution in [3.05, 3.63) is 11.6 Å². The molecular weight excluding hydrogens is 424 g/mol. The van der Waals surface area contributed by atoms with Crippen LogP contribution in [0, 0.1) is 56.7 Å². The molecule has 4 nitrogen and oxygen atoms in total. The minimum absolute atomic E-state index is 0.00919. The van der Waals surface area contributed by atoms with Gasteiger partial charge in [0.15, 0.2) is 0 Å². The zero-order chi connectivity index (χ0) is 25.1. The summed E-state index contributed by atoms with van der Waals surface area (Å²) >= 11 is 0. The molecule has 0 aromatic heterocycles. The number of aliphatic hydroxyl groups is 3. The third kappa shape index (κ3) is 2.69. The van der Waals surface area contributed by atoms with Crippen molar-refractivity contribution >= 4 is 6.29 Å². The fraction of sp³-hybridized carbons (Fsp3) is 0.900. The van der Waals surface area contributed by atoms with Crippen molar-refractivity contribution in [2.45, 2.75) is 112 Å². The minimum atomic E-state index is -0.994. The Morgan fingerprint density at radius 3 is 2.21 bits per heavy atom. The molecule has 0 radical (unpaired) electrons. The van der Waals surface area contributed by atoms with Crippen LogP contribution in [0.3, 0.4) is 0 Å². The Balaban J connectivity index is 1.62. The highest BCUT2D eigenvalue weighted by Gasteiger charge is 2.70. The maximum Gasteiger partial charge on any atom is 0.129 e. The standard InChI is InChI=1S/C30H48O4/c1-17-18(2)24(33)25(34)30(16-31)15-14-28(6)19(23(17)30)8-9-21-27(5)12-11-22(32)26(3,4)20(27)10-13-29(21,28)7/h8,16-18,20-25,32-34H,9-15H2,1-7H3/t17-,18-,20-,21+,22-,23-,24+,25+,27-,28+,29+,30-/m0/s1. The number of carbonyl (C=O) groups excluding carboxylic acids is 1. The summed E-state index contributed by atoms with van der Waals surface area (Å²) in [6.45, 7) is 16.3.